The van der Waals surface area contributed by atoms with Crippen LogP contribution < -0.4 is 17.2 Å². The molecule has 1 rings (SSSR count). The molecule has 110 valence electrons. The number of sulfonamides is 1. The Balaban J connectivity index is 3.24. The molecule has 0 aliphatic heterocycles. The summed E-state index contributed by atoms with van der Waals surface area (Å²) in [5, 5.41) is 9.26. The van der Waals surface area contributed by atoms with Crippen LogP contribution in [0.4, 0.5) is 5.69 Å². The average molecular weight is 302 g/mol. The van der Waals surface area contributed by atoms with Gasteiger partial charge in [-0.2, -0.15) is 4.31 Å². The second kappa shape index (κ2) is 5.75. The maximum absolute atomic E-state index is 12.2. The molecule has 0 unspecified atom stereocenters. The van der Waals surface area contributed by atoms with Crippen LogP contribution in [0.1, 0.15) is 0 Å². The number of nitrogen functional groups attached to an aromatic ring is 1. The Morgan fingerprint density at radius 3 is 2.05 bits per heavy atom. The van der Waals surface area contributed by atoms with Crippen molar-refractivity contribution < 1.29 is 23.1 Å². The van der Waals surface area contributed by atoms with E-state index in [2.05, 4.69) is 0 Å². The van der Waals surface area contributed by atoms with Gasteiger partial charge in [0.15, 0.2) is 0 Å². The Bertz CT molecular complexity index is 627. The fraction of sp³-hybridized carbons (Fsp3) is 0.200. The van der Waals surface area contributed by atoms with Crippen molar-refractivity contribution in [1.82, 2.24) is 4.31 Å². The summed E-state index contributed by atoms with van der Waals surface area (Å²) in [6, 6.07) is 3.16. The number of carbonyl (C=O) groups excluding carboxylic acids is 2. The number of phenolic OH excluding ortho intramolecular Hbond substituents is 1. The lowest BCUT2D eigenvalue weighted by Crippen LogP contribution is -2.43. The van der Waals surface area contributed by atoms with Gasteiger partial charge in [0.05, 0.1) is 23.7 Å². The van der Waals surface area contributed by atoms with Crippen LogP contribution in [0.2, 0.25) is 0 Å². The van der Waals surface area contributed by atoms with Crippen LogP contribution in [0.15, 0.2) is 23.1 Å². The molecule has 7 N–H and O–H groups in total. The molecule has 0 radical (unpaired) electrons. The monoisotopic (exact) mass is 302 g/mol. The van der Waals surface area contributed by atoms with Gasteiger partial charge in [0, 0.05) is 0 Å². The molecule has 2 amide bonds. The molecule has 0 aliphatic rings. The highest BCUT2D eigenvalue weighted by Gasteiger charge is 2.27. The zero-order valence-electron chi connectivity index (χ0n) is 10.3. The van der Waals surface area contributed by atoms with E-state index in [1.165, 1.54) is 0 Å². The predicted octanol–water partition coefficient (Wildman–Crippen LogP) is -2.06. The van der Waals surface area contributed by atoms with E-state index >= 15 is 0 Å². The van der Waals surface area contributed by atoms with E-state index in [0.717, 1.165) is 18.2 Å². The molecule has 0 heterocycles. The standard InChI is InChI=1S/C10H14N4O5S/c11-7-3-6(1-2-8(7)15)20(18,19)14(4-9(12)16)5-10(13)17/h1-3,15H,4-5,11H2,(H2,12,16)(H2,13,17). The van der Waals surface area contributed by atoms with Crippen LogP contribution in [-0.2, 0) is 19.6 Å². The molecule has 1 aromatic rings. The Hall–Kier alpha value is -2.33. The lowest BCUT2D eigenvalue weighted by molar-refractivity contribution is -0.120. The van der Waals surface area contributed by atoms with E-state index in [-0.39, 0.29) is 16.3 Å². The molecule has 0 fully saturated rings. The topological polar surface area (TPSA) is 170 Å². The van der Waals surface area contributed by atoms with Crippen LogP contribution in [0.5, 0.6) is 5.75 Å². The largest absolute Gasteiger partial charge is 0.506 e. The van der Waals surface area contributed by atoms with Crippen LogP contribution in [0, 0.1) is 0 Å². The molecule has 0 spiro atoms. The summed E-state index contributed by atoms with van der Waals surface area (Å²) in [6.07, 6.45) is 0. The average Bonchev–Trinajstić information content (AvgIpc) is 2.30. The van der Waals surface area contributed by atoms with Gasteiger partial charge in [0.2, 0.25) is 21.8 Å². The van der Waals surface area contributed by atoms with Gasteiger partial charge >= 0.3 is 0 Å². The van der Waals surface area contributed by atoms with Crippen LogP contribution in [0.3, 0.4) is 0 Å². The highest BCUT2D eigenvalue weighted by Crippen LogP contribution is 2.25. The number of carbonyl (C=O) groups is 2. The minimum atomic E-state index is -4.19. The molecule has 0 atom stereocenters. The van der Waals surface area contributed by atoms with Gasteiger partial charge in [0.25, 0.3) is 0 Å². The molecule has 20 heavy (non-hydrogen) atoms. The molecule has 0 aromatic heterocycles. The number of nitrogens with two attached hydrogens (primary N) is 3. The van der Waals surface area contributed by atoms with Crippen molar-refractivity contribution in [2.45, 2.75) is 4.90 Å². The number of primary amides is 2. The first kappa shape index (κ1) is 15.7. The van der Waals surface area contributed by atoms with Crippen molar-refractivity contribution in [3.63, 3.8) is 0 Å². The third-order valence-corrected chi connectivity index (χ3v) is 4.09. The van der Waals surface area contributed by atoms with Gasteiger partial charge in [-0.05, 0) is 18.2 Å². The molecule has 0 aliphatic carbocycles. The van der Waals surface area contributed by atoms with Crippen LogP contribution in [-0.4, -0.2) is 42.7 Å². The van der Waals surface area contributed by atoms with Crippen LogP contribution >= 0.6 is 0 Å². The molecular formula is C10H14N4O5S. The fourth-order valence-electron chi connectivity index (χ4n) is 1.42. The van der Waals surface area contributed by atoms with Crippen LogP contribution in [0.25, 0.3) is 0 Å². The number of aromatic hydroxyl groups is 1. The number of phenols is 1. The fourth-order valence-corrected chi connectivity index (χ4v) is 2.82. The number of amides is 2. The molecule has 0 bridgehead atoms. The third-order valence-electron chi connectivity index (χ3n) is 2.30. The summed E-state index contributed by atoms with van der Waals surface area (Å²) in [4.78, 5) is 21.5. The van der Waals surface area contributed by atoms with Crippen molar-refractivity contribution in [3.8, 4) is 5.75 Å². The summed E-state index contributed by atoms with van der Waals surface area (Å²) in [5.74, 6) is -2.18. The summed E-state index contributed by atoms with van der Waals surface area (Å²) < 4.78 is 25.0. The summed E-state index contributed by atoms with van der Waals surface area (Å²) in [6.45, 7) is -1.40. The van der Waals surface area contributed by atoms with E-state index in [1.807, 2.05) is 0 Å². The number of benzene rings is 1. The van der Waals surface area contributed by atoms with Gasteiger partial charge in [-0.3, -0.25) is 9.59 Å². The van der Waals surface area contributed by atoms with E-state index in [0.29, 0.717) is 4.31 Å². The van der Waals surface area contributed by atoms with Gasteiger partial charge < -0.3 is 22.3 Å². The maximum atomic E-state index is 12.2. The van der Waals surface area contributed by atoms with E-state index < -0.39 is 34.9 Å². The first-order valence-electron chi connectivity index (χ1n) is 5.30. The maximum Gasteiger partial charge on any atom is 0.244 e. The first-order valence-corrected chi connectivity index (χ1v) is 6.74. The second-order valence-corrected chi connectivity index (χ2v) is 5.86. The van der Waals surface area contributed by atoms with Gasteiger partial charge in [0.1, 0.15) is 5.75 Å². The predicted molar refractivity (Wildman–Crippen MR) is 69.7 cm³/mol. The van der Waals surface area contributed by atoms with Crippen molar-refractivity contribution in [2.24, 2.45) is 11.5 Å². The zero-order valence-corrected chi connectivity index (χ0v) is 11.1. The Labute approximate surface area is 115 Å². The Morgan fingerprint density at radius 2 is 1.65 bits per heavy atom. The highest BCUT2D eigenvalue weighted by molar-refractivity contribution is 7.89. The minimum absolute atomic E-state index is 0.163. The first-order chi connectivity index (χ1) is 9.14. The molecule has 10 heteroatoms. The number of hydrogen-bond acceptors (Lipinski definition) is 6. The van der Waals surface area contributed by atoms with Gasteiger partial charge in [-0.15, -0.1) is 0 Å². The molecule has 9 nitrogen and oxygen atoms in total. The second-order valence-electron chi connectivity index (χ2n) is 3.93. The number of hydrogen-bond donors (Lipinski definition) is 4. The highest BCUT2D eigenvalue weighted by atomic mass is 32.2. The molecular weight excluding hydrogens is 288 g/mol. The lowest BCUT2D eigenvalue weighted by Gasteiger charge is -2.19. The van der Waals surface area contributed by atoms with Gasteiger partial charge in [-0.1, -0.05) is 0 Å². The smallest absolute Gasteiger partial charge is 0.244 e. The summed E-state index contributed by atoms with van der Waals surface area (Å²) in [7, 11) is -4.19. The van der Waals surface area contributed by atoms with Gasteiger partial charge in [-0.25, -0.2) is 8.42 Å². The van der Waals surface area contributed by atoms with E-state index in [4.69, 9.17) is 17.2 Å². The van der Waals surface area contributed by atoms with Crippen molar-refractivity contribution in [2.75, 3.05) is 18.8 Å². The van der Waals surface area contributed by atoms with Crippen molar-refractivity contribution in [3.05, 3.63) is 18.2 Å². The quantitative estimate of drug-likeness (QED) is 0.347. The minimum Gasteiger partial charge on any atom is -0.506 e. The molecule has 0 saturated heterocycles. The summed E-state index contributed by atoms with van der Waals surface area (Å²) >= 11 is 0. The molecule has 1 aromatic carbocycles. The Morgan fingerprint density at radius 1 is 1.15 bits per heavy atom. The number of nitrogens with zero attached hydrogens (tertiary/aromatic N) is 1. The van der Waals surface area contributed by atoms with Crippen molar-refractivity contribution >= 4 is 27.5 Å². The van der Waals surface area contributed by atoms with E-state index in [1.54, 1.807) is 0 Å². The Kier molecular flexibility index (Phi) is 4.53. The summed E-state index contributed by atoms with van der Waals surface area (Å²) in [5.41, 5.74) is 15.1. The van der Waals surface area contributed by atoms with E-state index in [9.17, 15) is 23.1 Å². The SMILES string of the molecule is NC(=O)CN(CC(N)=O)S(=O)(=O)c1ccc(O)c(N)c1. The number of rotatable bonds is 6. The van der Waals surface area contributed by atoms with Crippen molar-refractivity contribution in [1.29, 1.82) is 0 Å². The molecule has 0 saturated carbocycles. The number of anilines is 1. The normalized spacial score (nSPS) is 11.4. The third kappa shape index (κ3) is 3.59. The zero-order chi connectivity index (χ0) is 15.5. The lowest BCUT2D eigenvalue weighted by atomic mass is 10.3.